The number of likely N-dealkylation sites (tertiary alicyclic amines) is 1. The van der Waals surface area contributed by atoms with E-state index in [9.17, 15) is 9.90 Å². The highest BCUT2D eigenvalue weighted by molar-refractivity contribution is 5.70. The van der Waals surface area contributed by atoms with Crippen molar-refractivity contribution >= 4 is 5.97 Å². The molecule has 0 amide bonds. The summed E-state index contributed by atoms with van der Waals surface area (Å²) in [6.07, 6.45) is 6.09. The van der Waals surface area contributed by atoms with Crippen LogP contribution in [0.2, 0.25) is 0 Å². The predicted molar refractivity (Wildman–Crippen MR) is 133 cm³/mol. The molecule has 2 fully saturated rings. The molecule has 0 bridgehead atoms. The highest BCUT2D eigenvalue weighted by Crippen LogP contribution is 2.39. The minimum atomic E-state index is -0.724. The largest absolute Gasteiger partial charge is 0.490 e. The van der Waals surface area contributed by atoms with E-state index in [0.717, 1.165) is 30.1 Å². The van der Waals surface area contributed by atoms with Gasteiger partial charge in [0.2, 0.25) is 0 Å². The number of carboxylic acids is 1. The number of halogens is 1. The van der Waals surface area contributed by atoms with Crippen molar-refractivity contribution in [3.8, 4) is 16.9 Å². The Balaban J connectivity index is 1.36. The summed E-state index contributed by atoms with van der Waals surface area (Å²) in [6.45, 7) is 8.85. The maximum atomic E-state index is 15.4. The van der Waals surface area contributed by atoms with E-state index in [0.29, 0.717) is 49.0 Å². The van der Waals surface area contributed by atoms with Gasteiger partial charge in [-0.3, -0.25) is 9.69 Å². The van der Waals surface area contributed by atoms with E-state index in [1.54, 1.807) is 0 Å². The summed E-state index contributed by atoms with van der Waals surface area (Å²) < 4.78 is 21.6. The number of hydrogen-bond donors (Lipinski definition) is 1. The van der Waals surface area contributed by atoms with Gasteiger partial charge in [0.1, 0.15) is 11.6 Å². The van der Waals surface area contributed by atoms with Gasteiger partial charge in [-0.25, -0.2) is 4.39 Å². The smallest absolute Gasteiger partial charge is 0.306 e. The zero-order chi connectivity index (χ0) is 24.3. The summed E-state index contributed by atoms with van der Waals surface area (Å²) in [5.74, 6) is 0.408. The lowest BCUT2D eigenvalue weighted by Gasteiger charge is -2.36. The fraction of sp³-hybridized carbons (Fsp3) is 0.552. The summed E-state index contributed by atoms with van der Waals surface area (Å²) in [6, 6.07) is 13.3. The van der Waals surface area contributed by atoms with Gasteiger partial charge in [0.05, 0.1) is 12.0 Å². The predicted octanol–water partition coefficient (Wildman–Crippen LogP) is 6.77. The zero-order valence-corrected chi connectivity index (χ0v) is 20.7. The molecule has 1 heterocycles. The molecule has 2 aromatic carbocycles. The third kappa shape index (κ3) is 5.99. The van der Waals surface area contributed by atoms with Gasteiger partial charge in [0.25, 0.3) is 0 Å². The lowest BCUT2D eigenvalue weighted by atomic mass is 9.72. The van der Waals surface area contributed by atoms with Gasteiger partial charge in [-0.15, -0.1) is 0 Å². The lowest BCUT2D eigenvalue weighted by molar-refractivity contribution is -0.143. The molecule has 1 N–H and O–H groups in total. The van der Waals surface area contributed by atoms with E-state index in [4.69, 9.17) is 4.74 Å². The van der Waals surface area contributed by atoms with Crippen molar-refractivity contribution in [3.05, 3.63) is 53.8 Å². The number of piperidine rings is 1. The molecule has 2 aliphatic rings. The molecule has 0 atom stereocenters. The van der Waals surface area contributed by atoms with Crippen LogP contribution in [0.1, 0.15) is 64.9 Å². The van der Waals surface area contributed by atoms with Gasteiger partial charge >= 0.3 is 5.97 Å². The first kappa shape index (κ1) is 24.7. The SMILES string of the molecule is CC(C)(C)C1CCC(Oc2ccc(-c3cccc(CN4CCC(C(=O)O)CC4)c3F)cc2)CC1. The molecule has 4 nitrogen and oxygen atoms in total. The van der Waals surface area contributed by atoms with Crippen LogP contribution in [0.4, 0.5) is 4.39 Å². The van der Waals surface area contributed by atoms with Crippen LogP contribution in [-0.4, -0.2) is 35.2 Å². The summed E-state index contributed by atoms with van der Waals surface area (Å²) in [7, 11) is 0. The second kappa shape index (κ2) is 10.5. The number of ether oxygens (including phenoxy) is 1. The van der Waals surface area contributed by atoms with Gasteiger partial charge in [-0.2, -0.15) is 0 Å². The second-order valence-electron chi connectivity index (χ2n) is 11.1. The Morgan fingerprint density at radius 3 is 2.24 bits per heavy atom. The van der Waals surface area contributed by atoms with Crippen LogP contribution in [0.25, 0.3) is 11.1 Å². The normalized spacial score (nSPS) is 22.5. The van der Waals surface area contributed by atoms with Crippen molar-refractivity contribution in [3.63, 3.8) is 0 Å². The van der Waals surface area contributed by atoms with E-state index in [1.807, 2.05) is 42.5 Å². The first-order chi connectivity index (χ1) is 16.2. The third-order valence-electron chi connectivity index (χ3n) is 7.78. The maximum Gasteiger partial charge on any atom is 0.306 e. The van der Waals surface area contributed by atoms with E-state index in [2.05, 4.69) is 25.7 Å². The van der Waals surface area contributed by atoms with Crippen LogP contribution in [0.15, 0.2) is 42.5 Å². The Morgan fingerprint density at radius 2 is 1.65 bits per heavy atom. The first-order valence-electron chi connectivity index (χ1n) is 12.7. The number of benzene rings is 2. The first-order valence-corrected chi connectivity index (χ1v) is 12.7. The molecule has 1 saturated heterocycles. The number of nitrogens with zero attached hydrogens (tertiary/aromatic N) is 1. The van der Waals surface area contributed by atoms with Crippen LogP contribution in [0, 0.1) is 23.1 Å². The molecular formula is C29H38FNO3. The molecule has 0 spiro atoms. The van der Waals surface area contributed by atoms with Crippen molar-refractivity contribution in [2.24, 2.45) is 17.3 Å². The molecule has 0 radical (unpaired) electrons. The molecule has 5 heteroatoms. The fourth-order valence-electron chi connectivity index (χ4n) is 5.46. The standard InChI is InChI=1S/C29H38FNO3/c1-29(2,3)23-9-13-25(14-10-23)34-24-11-7-20(8-12-24)26-6-4-5-22(27(26)30)19-31-17-15-21(16-18-31)28(32)33/h4-8,11-12,21,23,25H,9-10,13-19H2,1-3H3,(H,32,33). The average Bonchev–Trinajstić information content (AvgIpc) is 2.81. The molecular weight excluding hydrogens is 429 g/mol. The van der Waals surface area contributed by atoms with Crippen molar-refractivity contribution in [1.29, 1.82) is 0 Å². The fourth-order valence-corrected chi connectivity index (χ4v) is 5.46. The summed E-state index contributed by atoms with van der Waals surface area (Å²) in [5.41, 5.74) is 2.45. The van der Waals surface area contributed by atoms with Gasteiger partial charge < -0.3 is 9.84 Å². The third-order valence-corrected chi connectivity index (χ3v) is 7.78. The highest BCUT2D eigenvalue weighted by atomic mass is 19.1. The monoisotopic (exact) mass is 467 g/mol. The Morgan fingerprint density at radius 1 is 1.00 bits per heavy atom. The molecule has 4 rings (SSSR count). The van der Waals surface area contributed by atoms with Crippen LogP contribution < -0.4 is 4.74 Å². The van der Waals surface area contributed by atoms with Gasteiger partial charge in [0, 0.05) is 17.7 Å². The summed E-state index contributed by atoms with van der Waals surface area (Å²) in [5, 5.41) is 9.18. The number of hydrogen-bond acceptors (Lipinski definition) is 3. The minimum absolute atomic E-state index is 0.197. The van der Waals surface area contributed by atoms with Gasteiger partial charge in [-0.05, 0) is 80.6 Å². The van der Waals surface area contributed by atoms with Crippen molar-refractivity contribution in [2.45, 2.75) is 71.9 Å². The Kier molecular flexibility index (Phi) is 7.61. The van der Waals surface area contributed by atoms with Crippen LogP contribution >= 0.6 is 0 Å². The molecule has 1 aliphatic heterocycles. The summed E-state index contributed by atoms with van der Waals surface area (Å²) >= 11 is 0. The van der Waals surface area contributed by atoms with E-state index in [-0.39, 0.29) is 17.8 Å². The van der Waals surface area contributed by atoms with Gasteiger partial charge in [-0.1, -0.05) is 51.1 Å². The Labute approximate surface area is 203 Å². The van der Waals surface area contributed by atoms with E-state index in [1.165, 1.54) is 12.8 Å². The molecule has 0 unspecified atom stereocenters. The molecule has 34 heavy (non-hydrogen) atoms. The molecule has 1 aliphatic carbocycles. The number of rotatable bonds is 6. The minimum Gasteiger partial charge on any atom is -0.490 e. The summed E-state index contributed by atoms with van der Waals surface area (Å²) in [4.78, 5) is 13.3. The molecule has 0 aromatic heterocycles. The van der Waals surface area contributed by atoms with Crippen LogP contribution in [0.3, 0.4) is 0 Å². The highest BCUT2D eigenvalue weighted by Gasteiger charge is 2.30. The lowest BCUT2D eigenvalue weighted by Crippen LogP contribution is -2.36. The van der Waals surface area contributed by atoms with Crippen molar-refractivity contribution in [1.82, 2.24) is 4.90 Å². The Hall–Kier alpha value is -2.40. The topological polar surface area (TPSA) is 49.8 Å². The molecule has 2 aromatic rings. The molecule has 1 saturated carbocycles. The number of carboxylic acid groups (broad SMARTS) is 1. The van der Waals surface area contributed by atoms with Crippen LogP contribution in [0.5, 0.6) is 5.75 Å². The number of aliphatic carboxylic acids is 1. The Bertz CT molecular complexity index is 966. The number of carbonyl (C=O) groups is 1. The van der Waals surface area contributed by atoms with Crippen LogP contribution in [-0.2, 0) is 11.3 Å². The van der Waals surface area contributed by atoms with Crippen molar-refractivity contribution in [2.75, 3.05) is 13.1 Å². The van der Waals surface area contributed by atoms with Crippen molar-refractivity contribution < 1.29 is 19.0 Å². The van der Waals surface area contributed by atoms with E-state index >= 15 is 4.39 Å². The zero-order valence-electron chi connectivity index (χ0n) is 20.7. The molecule has 184 valence electrons. The van der Waals surface area contributed by atoms with E-state index < -0.39 is 5.97 Å². The average molecular weight is 468 g/mol. The maximum absolute atomic E-state index is 15.4. The second-order valence-corrected chi connectivity index (χ2v) is 11.1. The quantitative estimate of drug-likeness (QED) is 0.509. The van der Waals surface area contributed by atoms with Gasteiger partial charge in [0.15, 0.2) is 0 Å².